The monoisotopic (exact) mass is 412 g/mol. The fourth-order valence-corrected chi connectivity index (χ4v) is 3.87. The number of rotatable bonds is 4. The second-order valence-electron chi connectivity index (χ2n) is 5.84. The van der Waals surface area contributed by atoms with E-state index in [9.17, 15) is 14.4 Å². The van der Waals surface area contributed by atoms with E-state index in [4.69, 9.17) is 21.1 Å². The lowest BCUT2D eigenvalue weighted by Crippen LogP contribution is -2.36. The number of furan rings is 1. The standard InChI is InChI=1S/C19H12N2O5S2/c22-16(20-12-4-5-14-11(8-12)3-6-17(23)26-14)10-21-18(24)15(28-19(21)27)9-13-2-1-7-25-13/h1-9H,10H2,(H,20,22)/b15-9-. The molecule has 2 aromatic heterocycles. The lowest BCUT2D eigenvalue weighted by molar-refractivity contribution is -0.126. The van der Waals surface area contributed by atoms with Crippen molar-refractivity contribution in [2.75, 3.05) is 11.9 Å². The summed E-state index contributed by atoms with van der Waals surface area (Å²) in [5.41, 5.74) is 0.495. The molecule has 0 unspecified atom stereocenters. The van der Waals surface area contributed by atoms with Crippen LogP contribution in [0.25, 0.3) is 17.0 Å². The quantitative estimate of drug-likeness (QED) is 0.399. The Kier molecular flexibility index (Phi) is 4.84. The molecule has 4 rings (SSSR count). The maximum absolute atomic E-state index is 12.5. The minimum atomic E-state index is -0.443. The summed E-state index contributed by atoms with van der Waals surface area (Å²) in [6.07, 6.45) is 3.10. The fraction of sp³-hybridized carbons (Fsp3) is 0.0526. The van der Waals surface area contributed by atoms with Gasteiger partial charge < -0.3 is 14.2 Å². The van der Waals surface area contributed by atoms with Crippen LogP contribution in [0.3, 0.4) is 0 Å². The number of benzene rings is 1. The topological polar surface area (TPSA) is 92.8 Å². The van der Waals surface area contributed by atoms with Crippen molar-refractivity contribution in [1.29, 1.82) is 0 Å². The number of thioether (sulfide) groups is 1. The van der Waals surface area contributed by atoms with Crippen molar-refractivity contribution >= 4 is 62.8 Å². The predicted molar refractivity (Wildman–Crippen MR) is 110 cm³/mol. The van der Waals surface area contributed by atoms with Gasteiger partial charge in [-0.15, -0.1) is 0 Å². The van der Waals surface area contributed by atoms with Gasteiger partial charge in [0.05, 0.1) is 11.2 Å². The van der Waals surface area contributed by atoms with Gasteiger partial charge in [-0.2, -0.15) is 0 Å². The van der Waals surface area contributed by atoms with E-state index in [0.29, 0.717) is 31.6 Å². The van der Waals surface area contributed by atoms with Crippen LogP contribution in [0, 0.1) is 0 Å². The number of carbonyl (C=O) groups excluding carboxylic acids is 2. The van der Waals surface area contributed by atoms with E-state index in [1.807, 2.05) is 0 Å². The first kappa shape index (κ1) is 18.2. The molecule has 0 radical (unpaired) electrons. The summed E-state index contributed by atoms with van der Waals surface area (Å²) in [4.78, 5) is 37.8. The minimum Gasteiger partial charge on any atom is -0.465 e. The molecule has 0 atom stereocenters. The van der Waals surface area contributed by atoms with E-state index in [1.54, 1.807) is 42.5 Å². The van der Waals surface area contributed by atoms with Gasteiger partial charge in [0.25, 0.3) is 5.91 Å². The molecule has 3 aromatic rings. The summed E-state index contributed by atoms with van der Waals surface area (Å²) in [7, 11) is 0. The highest BCUT2D eigenvalue weighted by Crippen LogP contribution is 2.32. The smallest absolute Gasteiger partial charge is 0.336 e. The normalized spacial score (nSPS) is 15.6. The van der Waals surface area contributed by atoms with Crippen molar-refractivity contribution < 1.29 is 18.4 Å². The Labute approximate surface area is 168 Å². The Morgan fingerprint density at radius 1 is 1.21 bits per heavy atom. The summed E-state index contributed by atoms with van der Waals surface area (Å²) < 4.78 is 10.6. The zero-order chi connectivity index (χ0) is 19.7. The van der Waals surface area contributed by atoms with E-state index < -0.39 is 11.5 Å². The molecular formula is C19H12N2O5S2. The maximum atomic E-state index is 12.5. The van der Waals surface area contributed by atoms with Crippen LogP contribution >= 0.6 is 24.0 Å². The van der Waals surface area contributed by atoms with E-state index in [-0.39, 0.29) is 12.5 Å². The second-order valence-corrected chi connectivity index (χ2v) is 7.51. The number of thiocarbonyl (C=S) groups is 1. The number of amides is 2. The number of fused-ring (bicyclic) bond motifs is 1. The fourth-order valence-electron chi connectivity index (χ4n) is 2.63. The van der Waals surface area contributed by atoms with E-state index in [0.717, 1.165) is 11.8 Å². The lowest BCUT2D eigenvalue weighted by Gasteiger charge is -2.14. The third-order valence-electron chi connectivity index (χ3n) is 3.89. The first-order valence-corrected chi connectivity index (χ1v) is 9.35. The van der Waals surface area contributed by atoms with Crippen molar-refractivity contribution in [1.82, 2.24) is 4.90 Å². The molecule has 1 N–H and O–H groups in total. The number of hydrogen-bond acceptors (Lipinski definition) is 7. The predicted octanol–water partition coefficient (Wildman–Crippen LogP) is 3.23. The van der Waals surface area contributed by atoms with Crippen LogP contribution in [-0.2, 0) is 9.59 Å². The first-order valence-electron chi connectivity index (χ1n) is 8.12. The average Bonchev–Trinajstić information content (AvgIpc) is 3.26. The van der Waals surface area contributed by atoms with Crippen molar-refractivity contribution in [3.63, 3.8) is 0 Å². The molecule has 2 amide bonds. The average molecular weight is 412 g/mol. The Bertz CT molecular complexity index is 1180. The third-order valence-corrected chi connectivity index (χ3v) is 5.27. The van der Waals surface area contributed by atoms with Gasteiger partial charge in [-0.05, 0) is 36.4 Å². The molecule has 1 aliphatic heterocycles. The summed E-state index contributed by atoms with van der Waals surface area (Å²) in [5.74, 6) is -0.207. The molecule has 3 heterocycles. The molecule has 7 nitrogen and oxygen atoms in total. The van der Waals surface area contributed by atoms with Gasteiger partial charge >= 0.3 is 5.63 Å². The molecule has 0 spiro atoms. The van der Waals surface area contributed by atoms with Crippen LogP contribution in [0.4, 0.5) is 5.69 Å². The van der Waals surface area contributed by atoms with Crippen molar-refractivity contribution in [2.24, 2.45) is 0 Å². The SMILES string of the molecule is O=C(CN1C(=O)/C(=C/c2ccco2)SC1=S)Nc1ccc2oc(=O)ccc2c1. The molecule has 9 heteroatoms. The van der Waals surface area contributed by atoms with Gasteiger partial charge in [-0.25, -0.2) is 4.79 Å². The largest absolute Gasteiger partial charge is 0.465 e. The van der Waals surface area contributed by atoms with Gasteiger partial charge in [0.2, 0.25) is 5.91 Å². The molecule has 0 bridgehead atoms. The molecule has 1 aliphatic rings. The molecule has 1 fully saturated rings. The molecular weight excluding hydrogens is 400 g/mol. The van der Waals surface area contributed by atoms with Crippen LogP contribution < -0.4 is 10.9 Å². The van der Waals surface area contributed by atoms with Crippen molar-refractivity contribution in [3.05, 3.63) is 69.8 Å². The summed E-state index contributed by atoms with van der Waals surface area (Å²) >= 11 is 6.34. The lowest BCUT2D eigenvalue weighted by atomic mass is 10.2. The van der Waals surface area contributed by atoms with Crippen molar-refractivity contribution in [2.45, 2.75) is 0 Å². The van der Waals surface area contributed by atoms with Gasteiger partial charge in [0.1, 0.15) is 22.2 Å². The number of hydrogen-bond donors (Lipinski definition) is 1. The first-order chi connectivity index (χ1) is 13.5. The van der Waals surface area contributed by atoms with Gasteiger partial charge in [-0.1, -0.05) is 24.0 Å². The van der Waals surface area contributed by atoms with Crippen molar-refractivity contribution in [3.8, 4) is 0 Å². The highest BCUT2D eigenvalue weighted by molar-refractivity contribution is 8.26. The Hall–Kier alpha value is -3.17. The Morgan fingerprint density at radius 3 is 2.86 bits per heavy atom. The molecule has 0 saturated carbocycles. The summed E-state index contributed by atoms with van der Waals surface area (Å²) in [6, 6.07) is 11.2. The van der Waals surface area contributed by atoms with E-state index >= 15 is 0 Å². The highest BCUT2D eigenvalue weighted by atomic mass is 32.2. The van der Waals surface area contributed by atoms with Gasteiger partial charge in [0, 0.05) is 23.2 Å². The van der Waals surface area contributed by atoms with Gasteiger partial charge in [0.15, 0.2) is 0 Å². The molecule has 1 saturated heterocycles. The van der Waals surface area contributed by atoms with E-state index in [2.05, 4.69) is 5.32 Å². The Balaban J connectivity index is 1.46. The van der Waals surface area contributed by atoms with Gasteiger partial charge in [-0.3, -0.25) is 14.5 Å². The third kappa shape index (κ3) is 3.75. The van der Waals surface area contributed by atoms with Crippen LogP contribution in [-0.4, -0.2) is 27.6 Å². The molecule has 140 valence electrons. The van der Waals surface area contributed by atoms with Crippen LogP contribution in [0.5, 0.6) is 0 Å². The maximum Gasteiger partial charge on any atom is 0.336 e. The highest BCUT2D eigenvalue weighted by Gasteiger charge is 2.33. The molecule has 28 heavy (non-hydrogen) atoms. The zero-order valence-electron chi connectivity index (χ0n) is 14.2. The zero-order valence-corrected chi connectivity index (χ0v) is 15.8. The second kappa shape index (κ2) is 7.45. The number of nitrogens with one attached hydrogen (secondary N) is 1. The van der Waals surface area contributed by atoms with E-state index in [1.165, 1.54) is 17.2 Å². The number of nitrogens with zero attached hydrogens (tertiary/aromatic N) is 1. The van der Waals surface area contributed by atoms with Crippen LogP contribution in [0.2, 0.25) is 0 Å². The van der Waals surface area contributed by atoms with Crippen LogP contribution in [0.15, 0.2) is 67.3 Å². The molecule has 1 aromatic carbocycles. The Morgan fingerprint density at radius 2 is 2.07 bits per heavy atom. The minimum absolute atomic E-state index is 0.206. The summed E-state index contributed by atoms with van der Waals surface area (Å²) in [6.45, 7) is -0.206. The summed E-state index contributed by atoms with van der Waals surface area (Å²) in [5, 5.41) is 3.39. The number of carbonyl (C=O) groups is 2. The molecule has 0 aliphatic carbocycles. The van der Waals surface area contributed by atoms with Crippen LogP contribution in [0.1, 0.15) is 5.76 Å². The number of anilines is 1.